The molecule has 2 fully saturated rings. The molecule has 37 heavy (non-hydrogen) atoms. The molecule has 1 N–H and O–H groups in total. The number of rotatable bonds is 7. The molecule has 0 saturated carbocycles. The molecule has 5 atom stereocenters. The number of aliphatic hydroxyl groups excluding tert-OH is 1. The first-order valence-electron chi connectivity index (χ1n) is 13.0. The Morgan fingerprint density at radius 3 is 2.54 bits per heavy atom. The number of nitrogens with zero attached hydrogens (tertiary/aromatic N) is 2. The highest BCUT2D eigenvalue weighted by Gasteiger charge is 2.74. The zero-order valence-corrected chi connectivity index (χ0v) is 21.3. The van der Waals surface area contributed by atoms with E-state index in [0.717, 1.165) is 0 Å². The number of unbranched alkanes of at least 4 members (excludes halogenated alkanes) is 2. The molecule has 5 rings (SSSR count). The van der Waals surface area contributed by atoms with Gasteiger partial charge >= 0.3 is 5.97 Å². The van der Waals surface area contributed by atoms with Gasteiger partial charge in [-0.1, -0.05) is 24.3 Å². The number of anilines is 1. The summed E-state index contributed by atoms with van der Waals surface area (Å²) in [7, 11) is 1.58. The van der Waals surface area contributed by atoms with Crippen LogP contribution in [-0.4, -0.2) is 78.4 Å². The minimum Gasteiger partial charge on any atom is -0.497 e. The number of aliphatic hydroxyl groups is 1. The van der Waals surface area contributed by atoms with Crippen LogP contribution in [0.4, 0.5) is 5.69 Å². The second kappa shape index (κ2) is 9.95. The summed E-state index contributed by atoms with van der Waals surface area (Å²) < 4.78 is 17.5. The lowest BCUT2D eigenvalue weighted by Crippen LogP contribution is -2.56. The first-order valence-corrected chi connectivity index (χ1v) is 13.0. The van der Waals surface area contributed by atoms with E-state index in [1.165, 1.54) is 0 Å². The molecule has 1 spiro atoms. The van der Waals surface area contributed by atoms with Crippen LogP contribution >= 0.6 is 0 Å². The molecule has 4 aliphatic rings. The van der Waals surface area contributed by atoms with Crippen LogP contribution in [0, 0.1) is 11.8 Å². The molecule has 4 aliphatic heterocycles. The smallest absolute Gasteiger partial charge is 0.313 e. The Morgan fingerprint density at radius 1 is 1.03 bits per heavy atom. The monoisotopic (exact) mass is 510 g/mol. The van der Waals surface area contributed by atoms with Gasteiger partial charge in [-0.15, -0.1) is 0 Å². The molecule has 1 aromatic carbocycles. The van der Waals surface area contributed by atoms with E-state index in [0.29, 0.717) is 50.2 Å². The van der Waals surface area contributed by atoms with Crippen molar-refractivity contribution in [3.05, 3.63) is 48.6 Å². The molecule has 4 heterocycles. The van der Waals surface area contributed by atoms with Crippen LogP contribution in [0.15, 0.2) is 48.6 Å². The van der Waals surface area contributed by atoms with E-state index in [4.69, 9.17) is 14.2 Å². The maximum atomic E-state index is 14.3. The Hall–Kier alpha value is -3.17. The van der Waals surface area contributed by atoms with Crippen molar-refractivity contribution in [1.29, 1.82) is 0 Å². The quantitative estimate of drug-likeness (QED) is 0.341. The molecule has 0 aromatic heterocycles. The van der Waals surface area contributed by atoms with Crippen molar-refractivity contribution in [3.63, 3.8) is 0 Å². The van der Waals surface area contributed by atoms with Gasteiger partial charge in [0.15, 0.2) is 0 Å². The fraction of sp³-hybridized carbons (Fsp3) is 0.536. The number of hydrogen-bond acceptors (Lipinski definition) is 7. The Labute approximate surface area is 216 Å². The fourth-order valence-electron chi connectivity index (χ4n) is 6.29. The maximum absolute atomic E-state index is 14.3. The van der Waals surface area contributed by atoms with Gasteiger partial charge in [-0.25, -0.2) is 0 Å². The molecule has 9 heteroatoms. The van der Waals surface area contributed by atoms with E-state index in [-0.39, 0.29) is 25.0 Å². The first kappa shape index (κ1) is 25.5. The molecular weight excluding hydrogens is 476 g/mol. The van der Waals surface area contributed by atoms with Crippen molar-refractivity contribution in [2.75, 3.05) is 38.3 Å². The molecule has 9 nitrogen and oxygen atoms in total. The van der Waals surface area contributed by atoms with Gasteiger partial charge in [0, 0.05) is 25.4 Å². The van der Waals surface area contributed by atoms with Crippen molar-refractivity contribution in [2.45, 2.75) is 49.9 Å². The number of carbonyl (C=O) groups is 3. The molecule has 1 aromatic rings. The van der Waals surface area contributed by atoms with Crippen LogP contribution in [0.25, 0.3) is 0 Å². The van der Waals surface area contributed by atoms with Gasteiger partial charge in [0.25, 0.3) is 5.91 Å². The normalized spacial score (nSPS) is 32.8. The number of likely N-dealkylation sites (tertiary alicyclic amines) is 1. The average Bonchev–Trinajstić information content (AvgIpc) is 3.20. The minimum atomic E-state index is -1.31. The summed E-state index contributed by atoms with van der Waals surface area (Å²) in [6, 6.07) is 6.27. The highest BCUT2D eigenvalue weighted by molar-refractivity contribution is 6.05. The number of hydrogen-bond donors (Lipinski definition) is 1. The Bertz CT molecular complexity index is 1120. The largest absolute Gasteiger partial charge is 0.497 e. The second-order valence-electron chi connectivity index (χ2n) is 10.2. The van der Waals surface area contributed by atoms with E-state index < -0.39 is 35.0 Å². The summed E-state index contributed by atoms with van der Waals surface area (Å²) in [6.07, 6.45) is 9.95. The van der Waals surface area contributed by atoms with Crippen LogP contribution in [-0.2, 0) is 23.9 Å². The van der Waals surface area contributed by atoms with Crippen molar-refractivity contribution in [3.8, 4) is 5.75 Å². The number of amides is 2. The van der Waals surface area contributed by atoms with Crippen LogP contribution in [0.1, 0.15) is 32.6 Å². The van der Waals surface area contributed by atoms with Gasteiger partial charge in [0.2, 0.25) is 5.91 Å². The van der Waals surface area contributed by atoms with Crippen LogP contribution in [0.2, 0.25) is 0 Å². The van der Waals surface area contributed by atoms with Crippen molar-refractivity contribution >= 4 is 23.5 Å². The SMILES string of the molecule is COc1ccc(N2CC=C[C@]34O[C@@]5(C)C=CCCOC(=O)[C@H]5[C@H]3C(=O)N(CCCCCO)C4C2=O)cc1. The number of cyclic esters (lactones) is 1. The Balaban J connectivity index is 1.58. The number of carbonyl (C=O) groups excluding carboxylic acids is 3. The summed E-state index contributed by atoms with van der Waals surface area (Å²) in [5.41, 5.74) is -1.71. The van der Waals surface area contributed by atoms with E-state index in [2.05, 4.69) is 0 Å². The summed E-state index contributed by atoms with van der Waals surface area (Å²) in [5.74, 6) is -2.09. The predicted molar refractivity (Wildman–Crippen MR) is 135 cm³/mol. The third-order valence-electron chi connectivity index (χ3n) is 7.96. The van der Waals surface area contributed by atoms with E-state index in [1.54, 1.807) is 36.0 Å². The first-order chi connectivity index (χ1) is 17.9. The lowest BCUT2D eigenvalue weighted by molar-refractivity contribution is -0.159. The second-order valence-corrected chi connectivity index (χ2v) is 10.2. The topological polar surface area (TPSA) is 106 Å². The molecule has 0 bridgehead atoms. The van der Waals surface area contributed by atoms with Gasteiger partial charge < -0.3 is 29.1 Å². The average molecular weight is 511 g/mol. The molecular formula is C28H34N2O7. The molecule has 1 unspecified atom stereocenters. The summed E-state index contributed by atoms with van der Waals surface area (Å²) in [6.45, 7) is 2.74. The zero-order valence-electron chi connectivity index (χ0n) is 21.3. The number of methoxy groups -OCH3 is 1. The highest BCUT2D eigenvalue weighted by Crippen LogP contribution is 2.57. The minimum absolute atomic E-state index is 0.0680. The molecule has 0 aliphatic carbocycles. The highest BCUT2D eigenvalue weighted by atomic mass is 16.6. The summed E-state index contributed by atoms with van der Waals surface area (Å²) >= 11 is 0. The van der Waals surface area contributed by atoms with E-state index >= 15 is 0 Å². The molecule has 2 amide bonds. The van der Waals surface area contributed by atoms with Gasteiger partial charge in [-0.2, -0.15) is 0 Å². The zero-order chi connectivity index (χ0) is 26.2. The molecule has 2 saturated heterocycles. The maximum Gasteiger partial charge on any atom is 0.313 e. The van der Waals surface area contributed by atoms with Crippen LogP contribution < -0.4 is 9.64 Å². The standard InChI is InChI=1S/C28H34N2O7/c1-27-13-4-7-18-36-26(34)22(27)21-24(32)30(15-5-3-6-17-31)23-25(33)29(16-8-14-28(21,23)37-27)19-9-11-20(35-2)12-10-19/h4,8-14,21-23,31H,3,5-7,15-18H2,1-2H3/t21-,22+,23?,27-,28-/m0/s1. The van der Waals surface area contributed by atoms with Gasteiger partial charge in [-0.05, 0) is 56.9 Å². The van der Waals surface area contributed by atoms with Crippen LogP contribution in [0.3, 0.4) is 0 Å². The molecule has 0 radical (unpaired) electrons. The fourth-order valence-corrected chi connectivity index (χ4v) is 6.29. The van der Waals surface area contributed by atoms with Crippen molar-refractivity contribution < 1.29 is 33.7 Å². The van der Waals surface area contributed by atoms with Crippen molar-refractivity contribution in [2.24, 2.45) is 11.8 Å². The third-order valence-corrected chi connectivity index (χ3v) is 7.96. The Morgan fingerprint density at radius 2 is 1.81 bits per heavy atom. The van der Waals surface area contributed by atoms with Gasteiger partial charge in [0.05, 0.1) is 25.2 Å². The van der Waals surface area contributed by atoms with Gasteiger partial charge in [-0.3, -0.25) is 14.4 Å². The lowest BCUT2D eigenvalue weighted by atomic mass is 9.74. The number of fused-ring (bicyclic) bond motifs is 2. The van der Waals surface area contributed by atoms with Gasteiger partial charge in [0.1, 0.15) is 23.3 Å². The number of benzene rings is 1. The third kappa shape index (κ3) is 4.14. The van der Waals surface area contributed by atoms with Crippen LogP contribution in [0.5, 0.6) is 5.75 Å². The number of esters is 1. The molecule has 198 valence electrons. The summed E-state index contributed by atoms with van der Waals surface area (Å²) in [4.78, 5) is 44.9. The van der Waals surface area contributed by atoms with Crippen molar-refractivity contribution in [1.82, 2.24) is 4.90 Å². The summed E-state index contributed by atoms with van der Waals surface area (Å²) in [5, 5.41) is 9.20. The number of ether oxygens (including phenoxy) is 3. The predicted octanol–water partition coefficient (Wildman–Crippen LogP) is 2.23. The van der Waals surface area contributed by atoms with E-state index in [1.807, 2.05) is 36.4 Å². The lowest BCUT2D eigenvalue weighted by Gasteiger charge is -2.37. The van der Waals surface area contributed by atoms with E-state index in [9.17, 15) is 19.5 Å². The Kier molecular flexibility index (Phi) is 6.85.